The molecule has 0 atom stereocenters. The van der Waals surface area contributed by atoms with Crippen molar-refractivity contribution in [3.8, 4) is 0 Å². The number of sulfonamides is 1. The van der Waals surface area contributed by atoms with Gasteiger partial charge in [0, 0.05) is 24.8 Å². The zero-order valence-electron chi connectivity index (χ0n) is 10.5. The van der Waals surface area contributed by atoms with Crippen molar-refractivity contribution in [2.24, 2.45) is 0 Å². The molecule has 0 heterocycles. The maximum absolute atomic E-state index is 11.9. The minimum absolute atomic E-state index is 0.255. The topological polar surface area (TPSA) is 75.4 Å². The Labute approximate surface area is 108 Å². The van der Waals surface area contributed by atoms with E-state index in [0.717, 1.165) is 6.54 Å². The Morgan fingerprint density at radius 2 is 1.94 bits per heavy atom. The molecule has 0 radical (unpaired) electrons. The molecule has 0 aromatic heterocycles. The quantitative estimate of drug-likeness (QED) is 0.743. The Morgan fingerprint density at radius 1 is 1.33 bits per heavy atom. The highest BCUT2D eigenvalue weighted by molar-refractivity contribution is 7.89. The van der Waals surface area contributed by atoms with Crippen molar-refractivity contribution < 1.29 is 8.42 Å². The van der Waals surface area contributed by atoms with Crippen LogP contribution >= 0.6 is 0 Å². The van der Waals surface area contributed by atoms with Gasteiger partial charge < -0.3 is 10.6 Å². The monoisotopic (exact) mass is 269 g/mol. The van der Waals surface area contributed by atoms with Gasteiger partial charge in [-0.3, -0.25) is 0 Å². The molecule has 0 bridgehead atoms. The summed E-state index contributed by atoms with van der Waals surface area (Å²) < 4.78 is 26.5. The van der Waals surface area contributed by atoms with E-state index >= 15 is 0 Å². The van der Waals surface area contributed by atoms with Crippen molar-refractivity contribution in [3.63, 3.8) is 0 Å². The highest BCUT2D eigenvalue weighted by Gasteiger charge is 2.25. The Balaban J connectivity index is 1.88. The predicted molar refractivity (Wildman–Crippen MR) is 71.7 cm³/mol. The second-order valence-corrected chi connectivity index (χ2v) is 6.45. The van der Waals surface area contributed by atoms with Gasteiger partial charge in [-0.15, -0.1) is 0 Å². The van der Waals surface area contributed by atoms with Crippen molar-refractivity contribution in [2.45, 2.75) is 23.8 Å². The van der Waals surface area contributed by atoms with Crippen LogP contribution in [0.5, 0.6) is 0 Å². The molecular weight excluding hydrogens is 250 g/mol. The summed E-state index contributed by atoms with van der Waals surface area (Å²) in [6, 6.07) is 6.85. The van der Waals surface area contributed by atoms with Gasteiger partial charge in [-0.2, -0.15) is 0 Å². The minimum Gasteiger partial charge on any atom is -0.399 e. The highest BCUT2D eigenvalue weighted by Crippen LogP contribution is 2.24. The van der Waals surface area contributed by atoms with Crippen LogP contribution in [0.15, 0.2) is 29.2 Å². The van der Waals surface area contributed by atoms with Crippen molar-refractivity contribution in [3.05, 3.63) is 24.3 Å². The van der Waals surface area contributed by atoms with Crippen LogP contribution in [0, 0.1) is 0 Å². The molecule has 1 fully saturated rings. The SMILES string of the molecule is CN(CCNS(=O)(=O)c1ccc(N)cc1)C1CC1. The van der Waals surface area contributed by atoms with E-state index in [1.165, 1.54) is 25.0 Å². The summed E-state index contributed by atoms with van der Waals surface area (Å²) in [5, 5.41) is 0. The molecule has 0 saturated heterocycles. The van der Waals surface area contributed by atoms with Crippen molar-refractivity contribution in [2.75, 3.05) is 25.9 Å². The lowest BCUT2D eigenvalue weighted by molar-refractivity contribution is 0.329. The first kappa shape index (κ1) is 13.3. The van der Waals surface area contributed by atoms with Gasteiger partial charge in [0.15, 0.2) is 0 Å². The normalized spacial score (nSPS) is 16.1. The number of benzene rings is 1. The Kier molecular flexibility index (Phi) is 3.89. The summed E-state index contributed by atoms with van der Waals surface area (Å²) in [6.07, 6.45) is 2.45. The maximum atomic E-state index is 11.9. The van der Waals surface area contributed by atoms with Gasteiger partial charge in [0.2, 0.25) is 10.0 Å². The number of hydrogen-bond acceptors (Lipinski definition) is 4. The van der Waals surface area contributed by atoms with Crippen LogP contribution in [0.25, 0.3) is 0 Å². The first-order valence-corrected chi connectivity index (χ1v) is 7.53. The van der Waals surface area contributed by atoms with Gasteiger partial charge in [-0.05, 0) is 44.2 Å². The molecular formula is C12H19N3O2S. The number of nitrogen functional groups attached to an aromatic ring is 1. The van der Waals surface area contributed by atoms with Gasteiger partial charge >= 0.3 is 0 Å². The van der Waals surface area contributed by atoms with Crippen LogP contribution in [0.3, 0.4) is 0 Å². The Morgan fingerprint density at radius 3 is 2.50 bits per heavy atom. The van der Waals surface area contributed by atoms with Crippen molar-refractivity contribution >= 4 is 15.7 Å². The Hall–Kier alpha value is -1.11. The fourth-order valence-corrected chi connectivity index (χ4v) is 2.81. The molecule has 1 aliphatic carbocycles. The molecule has 0 spiro atoms. The van der Waals surface area contributed by atoms with E-state index in [9.17, 15) is 8.42 Å². The molecule has 0 amide bonds. The average molecular weight is 269 g/mol. The molecule has 100 valence electrons. The number of nitrogens with zero attached hydrogens (tertiary/aromatic N) is 1. The van der Waals surface area contributed by atoms with E-state index in [4.69, 9.17) is 5.73 Å². The van der Waals surface area contributed by atoms with Gasteiger partial charge in [0.05, 0.1) is 4.90 Å². The number of nitrogens with one attached hydrogen (secondary N) is 1. The van der Waals surface area contributed by atoms with Crippen molar-refractivity contribution in [1.82, 2.24) is 9.62 Å². The number of rotatable bonds is 6. The summed E-state index contributed by atoms with van der Waals surface area (Å²) in [7, 11) is -1.39. The average Bonchev–Trinajstić information content (AvgIpc) is 3.13. The molecule has 1 aromatic carbocycles. The van der Waals surface area contributed by atoms with Crippen LogP contribution in [-0.2, 0) is 10.0 Å². The third kappa shape index (κ3) is 3.44. The molecule has 1 aromatic rings. The van der Waals surface area contributed by atoms with Crippen LogP contribution < -0.4 is 10.5 Å². The van der Waals surface area contributed by atoms with E-state index < -0.39 is 10.0 Å². The largest absolute Gasteiger partial charge is 0.399 e. The van der Waals surface area contributed by atoms with E-state index in [1.807, 2.05) is 7.05 Å². The minimum atomic E-state index is -3.41. The zero-order chi connectivity index (χ0) is 13.2. The molecule has 5 nitrogen and oxygen atoms in total. The van der Waals surface area contributed by atoms with Gasteiger partial charge in [0.1, 0.15) is 0 Å². The standard InChI is InChI=1S/C12H19N3O2S/c1-15(11-4-5-11)9-8-14-18(16,17)12-6-2-10(13)3-7-12/h2-3,6-7,11,14H,4-5,8-9,13H2,1H3. The van der Waals surface area contributed by atoms with Crippen LogP contribution in [0.4, 0.5) is 5.69 Å². The van der Waals surface area contributed by atoms with Gasteiger partial charge in [-0.1, -0.05) is 0 Å². The van der Waals surface area contributed by atoms with E-state index in [-0.39, 0.29) is 4.90 Å². The molecule has 0 unspecified atom stereocenters. The van der Waals surface area contributed by atoms with Crippen LogP contribution in [0.2, 0.25) is 0 Å². The number of likely N-dealkylation sites (N-methyl/N-ethyl adjacent to an activating group) is 1. The third-order valence-electron chi connectivity index (χ3n) is 3.12. The van der Waals surface area contributed by atoms with Crippen LogP contribution in [-0.4, -0.2) is 39.5 Å². The number of hydrogen-bond donors (Lipinski definition) is 2. The summed E-state index contributed by atoms with van der Waals surface area (Å²) in [5.74, 6) is 0. The second kappa shape index (κ2) is 5.26. The summed E-state index contributed by atoms with van der Waals surface area (Å²) in [6.45, 7) is 1.17. The van der Waals surface area contributed by atoms with E-state index in [2.05, 4.69) is 9.62 Å². The molecule has 3 N–H and O–H groups in total. The summed E-state index contributed by atoms with van der Waals surface area (Å²) in [4.78, 5) is 2.44. The zero-order valence-corrected chi connectivity index (χ0v) is 11.3. The fourth-order valence-electron chi connectivity index (χ4n) is 1.78. The lowest BCUT2D eigenvalue weighted by atomic mass is 10.3. The highest BCUT2D eigenvalue weighted by atomic mass is 32.2. The third-order valence-corrected chi connectivity index (χ3v) is 4.59. The lowest BCUT2D eigenvalue weighted by Gasteiger charge is -2.15. The Bertz CT molecular complexity index is 495. The van der Waals surface area contributed by atoms with Gasteiger partial charge in [0.25, 0.3) is 0 Å². The molecule has 0 aliphatic heterocycles. The number of anilines is 1. The maximum Gasteiger partial charge on any atom is 0.240 e. The molecule has 18 heavy (non-hydrogen) atoms. The predicted octanol–water partition coefficient (Wildman–Crippen LogP) is 0.641. The number of nitrogens with two attached hydrogens (primary N) is 1. The molecule has 1 saturated carbocycles. The second-order valence-electron chi connectivity index (χ2n) is 4.68. The molecule has 2 rings (SSSR count). The lowest BCUT2D eigenvalue weighted by Crippen LogP contribution is -2.33. The van der Waals surface area contributed by atoms with E-state index in [1.54, 1.807) is 12.1 Å². The summed E-state index contributed by atoms with van der Waals surface area (Å²) in [5.41, 5.74) is 6.09. The smallest absolute Gasteiger partial charge is 0.240 e. The van der Waals surface area contributed by atoms with Crippen molar-refractivity contribution in [1.29, 1.82) is 0 Å². The van der Waals surface area contributed by atoms with Crippen LogP contribution in [0.1, 0.15) is 12.8 Å². The molecule has 1 aliphatic rings. The van der Waals surface area contributed by atoms with E-state index in [0.29, 0.717) is 18.3 Å². The first-order valence-electron chi connectivity index (χ1n) is 6.04. The fraction of sp³-hybridized carbons (Fsp3) is 0.500. The van der Waals surface area contributed by atoms with Gasteiger partial charge in [-0.25, -0.2) is 13.1 Å². The summed E-state index contributed by atoms with van der Waals surface area (Å²) >= 11 is 0. The molecule has 6 heteroatoms. The first-order chi connectivity index (χ1) is 8.49.